The molecule has 3 nitrogen and oxygen atoms in total. The van der Waals surface area contributed by atoms with E-state index in [9.17, 15) is 32.2 Å². The number of hydrogen-bond acceptors (Lipinski definition) is 3. The molecule has 8 heteroatoms. The van der Waals surface area contributed by atoms with Crippen LogP contribution in [0.15, 0.2) is 0 Å². The quantitative estimate of drug-likeness (QED) is 0.319. The summed E-state index contributed by atoms with van der Waals surface area (Å²) in [4.78, 5) is 0. The predicted molar refractivity (Wildman–Crippen MR) is 139 cm³/mol. The van der Waals surface area contributed by atoms with Gasteiger partial charge in [-0.2, -0.15) is 22.0 Å². The van der Waals surface area contributed by atoms with Gasteiger partial charge >= 0.3 is 12.8 Å². The third kappa shape index (κ3) is 5.30. The Bertz CT molecular complexity index is 873. The summed E-state index contributed by atoms with van der Waals surface area (Å²) in [5.74, 6) is 2.54. The average molecular weight is 565 g/mol. The van der Waals surface area contributed by atoms with Crippen molar-refractivity contribution in [1.29, 1.82) is 0 Å². The third-order valence-electron chi connectivity index (χ3n) is 13.2. The highest BCUT2D eigenvalue weighted by molar-refractivity contribution is 5.11. The Kier molecular flexibility index (Phi) is 7.97. The van der Waals surface area contributed by atoms with Crippen LogP contribution in [0.5, 0.6) is 0 Å². The van der Waals surface area contributed by atoms with Crippen molar-refractivity contribution in [3.8, 4) is 0 Å². The van der Waals surface area contributed by atoms with E-state index in [0.29, 0.717) is 68.1 Å². The fourth-order valence-corrected chi connectivity index (χ4v) is 10.8. The summed E-state index contributed by atoms with van der Waals surface area (Å²) in [6, 6.07) is 0. The molecule has 9 atom stereocenters. The molecule has 0 unspecified atom stereocenters. The van der Waals surface area contributed by atoms with Crippen molar-refractivity contribution in [1.82, 2.24) is 0 Å². The normalized spacial score (nSPS) is 49.3. The number of aliphatic hydroxyl groups is 2. The minimum atomic E-state index is -4.56. The molecule has 0 spiro atoms. The first kappa shape index (κ1) is 30.0. The zero-order valence-corrected chi connectivity index (χ0v) is 23.9. The standard InChI is InChI=1S/C31H49F5O3/c1-19(8-13-29(37)14-9-21(10-15-29)39-26(32)33)23-6-7-24-22-5-4-20-18-30(38,31(34,35)36)17-16-27(20,2)25(22)11-12-28(23,24)3/h19-26,37-38H,4-18H2,1-3H3/t19-,20-,21?,22-,23-,24-,25-,27-,28+,29?,30-/m0/s1. The zero-order valence-electron chi connectivity index (χ0n) is 23.9. The van der Waals surface area contributed by atoms with E-state index in [2.05, 4.69) is 25.5 Å². The highest BCUT2D eigenvalue weighted by atomic mass is 19.4. The molecule has 5 aliphatic rings. The number of hydrogen-bond donors (Lipinski definition) is 2. The van der Waals surface area contributed by atoms with Crippen molar-refractivity contribution in [2.75, 3.05) is 0 Å². The SMILES string of the molecule is C[C@@H](CCC1(O)CCC(OC(F)F)CC1)[C@@H]1CC[C@H]2[C@@H]3CC[C@H]4C[C@](O)(C(F)(F)F)CC[C@]4(C)[C@H]3CC[C@@]21C. The lowest BCUT2D eigenvalue weighted by Crippen LogP contribution is -2.59. The summed E-state index contributed by atoms with van der Waals surface area (Å²) in [7, 11) is 0. The summed E-state index contributed by atoms with van der Waals surface area (Å²) >= 11 is 0. The molecule has 5 fully saturated rings. The number of ether oxygens (including phenoxy) is 1. The number of rotatable bonds is 6. The first-order valence-corrected chi connectivity index (χ1v) is 15.6. The van der Waals surface area contributed by atoms with Crippen LogP contribution in [0.2, 0.25) is 0 Å². The van der Waals surface area contributed by atoms with Crippen LogP contribution in [0.1, 0.15) is 117 Å². The minimum Gasteiger partial charge on any atom is -0.390 e. The second-order valence-corrected chi connectivity index (χ2v) is 15.0. The van der Waals surface area contributed by atoms with E-state index in [1.165, 1.54) is 12.8 Å². The van der Waals surface area contributed by atoms with Crippen LogP contribution in [-0.4, -0.2) is 40.3 Å². The van der Waals surface area contributed by atoms with Crippen LogP contribution in [0.4, 0.5) is 22.0 Å². The van der Waals surface area contributed by atoms with Crippen LogP contribution in [0.3, 0.4) is 0 Å². The van der Waals surface area contributed by atoms with Crippen LogP contribution < -0.4 is 0 Å². The van der Waals surface area contributed by atoms with Gasteiger partial charge in [0.2, 0.25) is 0 Å². The number of halogens is 5. The van der Waals surface area contributed by atoms with E-state index in [4.69, 9.17) is 0 Å². The van der Waals surface area contributed by atoms with Crippen LogP contribution in [-0.2, 0) is 4.74 Å². The largest absolute Gasteiger partial charge is 0.417 e. The Morgan fingerprint density at radius 3 is 2.13 bits per heavy atom. The molecule has 226 valence electrons. The molecule has 39 heavy (non-hydrogen) atoms. The van der Waals surface area contributed by atoms with Gasteiger partial charge in [0, 0.05) is 0 Å². The van der Waals surface area contributed by atoms with E-state index >= 15 is 0 Å². The summed E-state index contributed by atoms with van der Waals surface area (Å²) in [6.07, 6.45) is 4.98. The van der Waals surface area contributed by atoms with E-state index in [1.54, 1.807) is 0 Å². The van der Waals surface area contributed by atoms with Crippen molar-refractivity contribution >= 4 is 0 Å². The molecule has 2 N–H and O–H groups in total. The molecule has 5 rings (SSSR count). The number of alkyl halides is 5. The molecule has 5 aliphatic carbocycles. The molecule has 0 aromatic carbocycles. The molecule has 0 amide bonds. The van der Waals surface area contributed by atoms with E-state index < -0.39 is 30.1 Å². The highest BCUT2D eigenvalue weighted by Crippen LogP contribution is 2.69. The van der Waals surface area contributed by atoms with Gasteiger partial charge in [-0.1, -0.05) is 20.8 Å². The van der Waals surface area contributed by atoms with Gasteiger partial charge in [-0.15, -0.1) is 0 Å². The van der Waals surface area contributed by atoms with Crippen molar-refractivity contribution in [3.63, 3.8) is 0 Å². The van der Waals surface area contributed by atoms with Gasteiger partial charge in [0.25, 0.3) is 0 Å². The summed E-state index contributed by atoms with van der Waals surface area (Å²) < 4.78 is 70.7. The molecule has 0 saturated heterocycles. The molecule has 0 radical (unpaired) electrons. The van der Waals surface area contributed by atoms with Crippen molar-refractivity contribution in [2.24, 2.45) is 46.3 Å². The van der Waals surface area contributed by atoms with Gasteiger partial charge in [0.05, 0.1) is 11.7 Å². The Labute approximate surface area is 230 Å². The molecular weight excluding hydrogens is 515 g/mol. The first-order valence-electron chi connectivity index (χ1n) is 15.6. The van der Waals surface area contributed by atoms with Gasteiger partial charge in [0.1, 0.15) is 0 Å². The van der Waals surface area contributed by atoms with E-state index in [1.807, 2.05) is 0 Å². The molecule has 0 aromatic rings. The smallest absolute Gasteiger partial charge is 0.390 e. The topological polar surface area (TPSA) is 49.7 Å². The highest BCUT2D eigenvalue weighted by Gasteiger charge is 2.65. The average Bonchev–Trinajstić information content (AvgIpc) is 3.21. The second kappa shape index (κ2) is 10.4. The molecule has 5 saturated carbocycles. The Hall–Kier alpha value is -0.470. The van der Waals surface area contributed by atoms with Crippen LogP contribution >= 0.6 is 0 Å². The minimum absolute atomic E-state index is 0.0680. The monoisotopic (exact) mass is 564 g/mol. The van der Waals surface area contributed by atoms with Gasteiger partial charge < -0.3 is 14.9 Å². The van der Waals surface area contributed by atoms with E-state index in [-0.39, 0.29) is 29.6 Å². The molecule has 0 aliphatic heterocycles. The van der Waals surface area contributed by atoms with Gasteiger partial charge in [-0.25, -0.2) is 0 Å². The van der Waals surface area contributed by atoms with Gasteiger partial charge in [0.15, 0.2) is 5.60 Å². The summed E-state index contributed by atoms with van der Waals surface area (Å²) in [5, 5.41) is 21.6. The second-order valence-electron chi connectivity index (χ2n) is 15.0. The molecule has 0 heterocycles. The van der Waals surface area contributed by atoms with E-state index in [0.717, 1.165) is 32.1 Å². The molecule has 0 aromatic heterocycles. The maximum Gasteiger partial charge on any atom is 0.417 e. The Morgan fingerprint density at radius 2 is 1.49 bits per heavy atom. The Morgan fingerprint density at radius 1 is 0.821 bits per heavy atom. The summed E-state index contributed by atoms with van der Waals surface area (Å²) in [5.41, 5.74) is -3.22. The van der Waals surface area contributed by atoms with Crippen LogP contribution in [0.25, 0.3) is 0 Å². The maximum absolute atomic E-state index is 13.7. The lowest BCUT2D eigenvalue weighted by Gasteiger charge is -2.62. The molecule has 0 bridgehead atoms. The fourth-order valence-electron chi connectivity index (χ4n) is 10.8. The van der Waals surface area contributed by atoms with Crippen molar-refractivity contribution in [3.05, 3.63) is 0 Å². The van der Waals surface area contributed by atoms with Gasteiger partial charge in [-0.3, -0.25) is 0 Å². The first-order chi connectivity index (χ1) is 18.1. The summed E-state index contributed by atoms with van der Waals surface area (Å²) in [6.45, 7) is 4.24. The Balaban J connectivity index is 1.20. The van der Waals surface area contributed by atoms with Crippen LogP contribution in [0, 0.1) is 46.3 Å². The van der Waals surface area contributed by atoms with Gasteiger partial charge in [-0.05, 0) is 143 Å². The predicted octanol–water partition coefficient (Wildman–Crippen LogP) is 8.27. The fraction of sp³-hybridized carbons (Fsp3) is 1.00. The zero-order chi connectivity index (χ0) is 28.4. The maximum atomic E-state index is 13.7. The third-order valence-corrected chi connectivity index (χ3v) is 13.2. The lowest BCUT2D eigenvalue weighted by atomic mass is 9.43. The number of fused-ring (bicyclic) bond motifs is 5. The van der Waals surface area contributed by atoms with Crippen molar-refractivity contribution in [2.45, 2.75) is 147 Å². The lowest BCUT2D eigenvalue weighted by molar-refractivity contribution is -0.290. The molecular formula is C31H49F5O3. The van der Waals surface area contributed by atoms with Crippen molar-refractivity contribution < 1.29 is 36.9 Å².